The molecule has 2 heterocycles. The minimum atomic E-state index is -0.327. The fraction of sp³-hybridized carbons (Fsp3) is 0.818. The van der Waals surface area contributed by atoms with Gasteiger partial charge in [0, 0.05) is 6.54 Å². The molecule has 2 rings (SSSR count). The molecule has 7 heteroatoms. The summed E-state index contributed by atoms with van der Waals surface area (Å²) in [7, 11) is 1.67. The van der Waals surface area contributed by atoms with Crippen molar-refractivity contribution in [2.75, 3.05) is 18.4 Å². The third-order valence-electron chi connectivity index (χ3n) is 3.42. The lowest BCUT2D eigenvalue weighted by molar-refractivity contribution is -0.127. The Morgan fingerprint density at radius 3 is 3.00 bits per heavy atom. The van der Waals surface area contributed by atoms with E-state index in [0.29, 0.717) is 0 Å². The zero-order valence-electron chi connectivity index (χ0n) is 10.9. The van der Waals surface area contributed by atoms with Crippen LogP contribution >= 0.6 is 0 Å². The first kappa shape index (κ1) is 12.9. The molecule has 1 aliphatic rings. The van der Waals surface area contributed by atoms with E-state index in [9.17, 15) is 4.79 Å². The highest BCUT2D eigenvalue weighted by Gasteiger charge is 2.39. The van der Waals surface area contributed by atoms with E-state index in [2.05, 4.69) is 33.0 Å². The van der Waals surface area contributed by atoms with Crippen molar-refractivity contribution in [3.63, 3.8) is 0 Å². The summed E-state index contributed by atoms with van der Waals surface area (Å²) in [6, 6.07) is 0. The molecule has 18 heavy (non-hydrogen) atoms. The first-order valence-corrected chi connectivity index (χ1v) is 6.42. The molecular weight excluding hydrogens is 232 g/mol. The lowest BCUT2D eigenvalue weighted by Crippen LogP contribution is -2.48. The molecule has 1 atom stereocenters. The molecular formula is C11H20N6O. The first-order chi connectivity index (χ1) is 8.66. The van der Waals surface area contributed by atoms with Crippen LogP contribution in [0.5, 0.6) is 0 Å². The second-order valence-corrected chi connectivity index (χ2v) is 4.87. The van der Waals surface area contributed by atoms with Crippen LogP contribution in [0.1, 0.15) is 32.6 Å². The lowest BCUT2D eigenvalue weighted by atomic mass is 9.76. The van der Waals surface area contributed by atoms with Crippen molar-refractivity contribution < 1.29 is 4.79 Å². The predicted molar refractivity (Wildman–Crippen MR) is 66.9 cm³/mol. The standard InChI is InChI=1S/C11H20N6O/c1-3-5-11(6-4-7-12-8-11)9(18)13-10-14-16-17(2)15-10/h12H,3-8H2,1-2H3,(H,13,15,18). The summed E-state index contributed by atoms with van der Waals surface area (Å²) in [6.45, 7) is 3.82. The average molecular weight is 252 g/mol. The molecule has 2 N–H and O–H groups in total. The molecule has 0 spiro atoms. The molecule has 0 saturated carbocycles. The van der Waals surface area contributed by atoms with Crippen LogP contribution in [0, 0.1) is 5.41 Å². The van der Waals surface area contributed by atoms with Crippen molar-refractivity contribution in [1.29, 1.82) is 0 Å². The molecule has 1 aliphatic heterocycles. The third kappa shape index (κ3) is 2.66. The molecule has 1 unspecified atom stereocenters. The van der Waals surface area contributed by atoms with E-state index in [-0.39, 0.29) is 17.3 Å². The molecule has 1 saturated heterocycles. The van der Waals surface area contributed by atoms with E-state index in [1.807, 2.05) is 0 Å². The summed E-state index contributed by atoms with van der Waals surface area (Å²) in [4.78, 5) is 13.8. The van der Waals surface area contributed by atoms with E-state index in [1.54, 1.807) is 7.05 Å². The Labute approximate surface area is 106 Å². The summed E-state index contributed by atoms with van der Waals surface area (Å²) in [5.41, 5.74) is -0.327. The Kier molecular flexibility index (Phi) is 3.90. The zero-order chi connectivity index (χ0) is 13.0. The molecule has 1 amide bonds. The molecule has 0 radical (unpaired) electrons. The molecule has 100 valence electrons. The summed E-state index contributed by atoms with van der Waals surface area (Å²) in [5.74, 6) is 0.285. The maximum Gasteiger partial charge on any atom is 0.270 e. The van der Waals surface area contributed by atoms with Gasteiger partial charge in [-0.25, -0.2) is 0 Å². The van der Waals surface area contributed by atoms with Gasteiger partial charge in [0.25, 0.3) is 5.95 Å². The van der Waals surface area contributed by atoms with E-state index in [4.69, 9.17) is 0 Å². The molecule has 1 aromatic rings. The average Bonchev–Trinajstić information content (AvgIpc) is 2.76. The van der Waals surface area contributed by atoms with E-state index >= 15 is 0 Å². The van der Waals surface area contributed by atoms with Crippen LogP contribution in [0.2, 0.25) is 0 Å². The number of hydrogen-bond acceptors (Lipinski definition) is 5. The number of aryl methyl sites for hydroxylation is 1. The van der Waals surface area contributed by atoms with Crippen LogP contribution in [0.4, 0.5) is 5.95 Å². The number of piperidine rings is 1. The first-order valence-electron chi connectivity index (χ1n) is 6.42. The molecule has 7 nitrogen and oxygen atoms in total. The van der Waals surface area contributed by atoms with Crippen LogP contribution in [0.3, 0.4) is 0 Å². The lowest BCUT2D eigenvalue weighted by Gasteiger charge is -2.35. The van der Waals surface area contributed by atoms with Crippen molar-refractivity contribution in [1.82, 2.24) is 25.5 Å². The Bertz CT molecular complexity index is 404. The number of anilines is 1. The Morgan fingerprint density at radius 1 is 1.61 bits per heavy atom. The van der Waals surface area contributed by atoms with Gasteiger partial charge >= 0.3 is 0 Å². The van der Waals surface area contributed by atoms with Gasteiger partial charge in [-0.05, 0) is 31.0 Å². The largest absolute Gasteiger partial charge is 0.316 e. The maximum absolute atomic E-state index is 12.4. The van der Waals surface area contributed by atoms with Gasteiger partial charge in [-0.3, -0.25) is 10.1 Å². The molecule has 0 aromatic carbocycles. The number of carbonyl (C=O) groups excluding carboxylic acids is 1. The van der Waals surface area contributed by atoms with E-state index in [0.717, 1.165) is 38.8 Å². The van der Waals surface area contributed by atoms with Crippen molar-refractivity contribution in [3.05, 3.63) is 0 Å². The molecule has 1 aromatic heterocycles. The number of hydrogen-bond donors (Lipinski definition) is 2. The molecule has 0 aliphatic carbocycles. The molecule has 1 fully saturated rings. The second kappa shape index (κ2) is 5.43. The normalized spacial score (nSPS) is 23.9. The highest BCUT2D eigenvalue weighted by molar-refractivity contribution is 5.94. The van der Waals surface area contributed by atoms with Crippen LogP contribution < -0.4 is 10.6 Å². The zero-order valence-corrected chi connectivity index (χ0v) is 10.9. The van der Waals surface area contributed by atoms with E-state index < -0.39 is 0 Å². The van der Waals surface area contributed by atoms with Gasteiger partial charge in [0.05, 0.1) is 12.5 Å². The fourth-order valence-electron chi connectivity index (χ4n) is 2.54. The van der Waals surface area contributed by atoms with Gasteiger partial charge in [0.1, 0.15) is 0 Å². The van der Waals surface area contributed by atoms with Crippen LogP contribution in [-0.4, -0.2) is 39.2 Å². The van der Waals surface area contributed by atoms with Gasteiger partial charge in [-0.15, -0.1) is 5.10 Å². The van der Waals surface area contributed by atoms with Crippen LogP contribution in [0.25, 0.3) is 0 Å². The number of nitrogens with one attached hydrogen (secondary N) is 2. The topological polar surface area (TPSA) is 84.7 Å². The Balaban J connectivity index is 2.08. The highest BCUT2D eigenvalue weighted by atomic mass is 16.2. The van der Waals surface area contributed by atoms with E-state index in [1.165, 1.54) is 4.80 Å². The molecule has 0 bridgehead atoms. The van der Waals surface area contributed by atoms with Crippen LogP contribution in [-0.2, 0) is 11.8 Å². The number of amides is 1. The smallest absolute Gasteiger partial charge is 0.270 e. The summed E-state index contributed by atoms with van der Waals surface area (Å²) in [6.07, 6.45) is 3.82. The predicted octanol–water partition coefficient (Wildman–Crippen LogP) is 0.318. The van der Waals surface area contributed by atoms with Gasteiger partial charge in [0.15, 0.2) is 0 Å². The Morgan fingerprint density at radius 2 is 2.44 bits per heavy atom. The minimum Gasteiger partial charge on any atom is -0.316 e. The number of nitrogens with zero attached hydrogens (tertiary/aromatic N) is 4. The minimum absolute atomic E-state index is 0.00421. The third-order valence-corrected chi connectivity index (χ3v) is 3.42. The van der Waals surface area contributed by atoms with Crippen molar-refractivity contribution >= 4 is 11.9 Å². The van der Waals surface area contributed by atoms with Gasteiger partial charge in [-0.2, -0.15) is 4.80 Å². The van der Waals surface area contributed by atoms with Gasteiger partial charge in [-0.1, -0.05) is 18.4 Å². The van der Waals surface area contributed by atoms with Crippen molar-refractivity contribution in [2.45, 2.75) is 32.6 Å². The number of carbonyl (C=O) groups is 1. The summed E-state index contributed by atoms with van der Waals surface area (Å²) >= 11 is 0. The second-order valence-electron chi connectivity index (χ2n) is 4.87. The van der Waals surface area contributed by atoms with Crippen molar-refractivity contribution in [3.8, 4) is 0 Å². The summed E-state index contributed by atoms with van der Waals surface area (Å²) in [5, 5.41) is 17.6. The van der Waals surface area contributed by atoms with Crippen molar-refractivity contribution in [2.24, 2.45) is 12.5 Å². The van der Waals surface area contributed by atoms with Crippen LogP contribution in [0.15, 0.2) is 0 Å². The Hall–Kier alpha value is -1.50. The maximum atomic E-state index is 12.4. The van der Waals surface area contributed by atoms with Gasteiger partial charge < -0.3 is 5.32 Å². The quantitative estimate of drug-likeness (QED) is 0.806. The highest BCUT2D eigenvalue weighted by Crippen LogP contribution is 2.32. The number of rotatable bonds is 4. The fourth-order valence-corrected chi connectivity index (χ4v) is 2.54. The number of tetrazole rings is 1. The SMILES string of the molecule is CCCC1(C(=O)Nc2nnn(C)n2)CCCNC1. The summed E-state index contributed by atoms with van der Waals surface area (Å²) < 4.78 is 0. The van der Waals surface area contributed by atoms with Gasteiger partial charge in [0.2, 0.25) is 5.91 Å². The monoisotopic (exact) mass is 252 g/mol. The number of aromatic nitrogens is 4.